The summed E-state index contributed by atoms with van der Waals surface area (Å²) in [5, 5.41) is 12.0. The van der Waals surface area contributed by atoms with Crippen molar-refractivity contribution in [1.29, 1.82) is 5.26 Å². The molecular formula is C15H21ClN4O. The Hall–Kier alpha value is -1.77. The van der Waals surface area contributed by atoms with Gasteiger partial charge in [-0.2, -0.15) is 5.26 Å². The highest BCUT2D eigenvalue weighted by Crippen LogP contribution is 2.24. The van der Waals surface area contributed by atoms with E-state index in [-0.39, 0.29) is 11.8 Å². The number of benzene rings is 1. The van der Waals surface area contributed by atoms with E-state index in [1.54, 1.807) is 18.2 Å². The summed E-state index contributed by atoms with van der Waals surface area (Å²) in [5.41, 5.74) is 6.72. The summed E-state index contributed by atoms with van der Waals surface area (Å²) in [4.78, 5) is 14.0. The highest BCUT2D eigenvalue weighted by Gasteiger charge is 2.11. The minimum atomic E-state index is -0.107. The van der Waals surface area contributed by atoms with Crippen molar-refractivity contribution >= 4 is 28.9 Å². The Morgan fingerprint density at radius 1 is 1.57 bits per heavy atom. The van der Waals surface area contributed by atoms with Crippen LogP contribution in [0.5, 0.6) is 0 Å². The maximum atomic E-state index is 11.9. The van der Waals surface area contributed by atoms with E-state index < -0.39 is 0 Å². The molecule has 0 fully saturated rings. The molecule has 0 saturated carbocycles. The lowest BCUT2D eigenvalue weighted by atomic mass is 10.2. The second-order valence-electron chi connectivity index (χ2n) is 4.96. The average Bonchev–Trinajstić information content (AvgIpc) is 2.46. The average molecular weight is 309 g/mol. The summed E-state index contributed by atoms with van der Waals surface area (Å²) in [6, 6.07) is 7.17. The molecule has 1 unspecified atom stereocenters. The van der Waals surface area contributed by atoms with Gasteiger partial charge in [-0.1, -0.05) is 18.5 Å². The number of nitriles is 1. The number of hydrogen-bond donors (Lipinski definition) is 2. The molecule has 6 heteroatoms. The van der Waals surface area contributed by atoms with Crippen LogP contribution < -0.4 is 11.1 Å². The molecule has 114 valence electrons. The van der Waals surface area contributed by atoms with Gasteiger partial charge in [0.1, 0.15) is 0 Å². The maximum Gasteiger partial charge on any atom is 0.225 e. The summed E-state index contributed by atoms with van der Waals surface area (Å²) >= 11 is 6.01. The highest BCUT2D eigenvalue weighted by molar-refractivity contribution is 6.34. The summed E-state index contributed by atoms with van der Waals surface area (Å²) < 4.78 is 0. The van der Waals surface area contributed by atoms with Crippen LogP contribution in [0.4, 0.5) is 11.4 Å². The fourth-order valence-corrected chi connectivity index (χ4v) is 2.15. The summed E-state index contributed by atoms with van der Waals surface area (Å²) in [5.74, 6) is -0.149. The Morgan fingerprint density at radius 3 is 2.86 bits per heavy atom. The molecule has 0 bridgehead atoms. The topological polar surface area (TPSA) is 82.2 Å². The molecule has 0 heterocycles. The van der Waals surface area contributed by atoms with Crippen molar-refractivity contribution in [3.05, 3.63) is 23.2 Å². The first-order valence-electron chi connectivity index (χ1n) is 6.93. The third-order valence-corrected chi connectivity index (χ3v) is 3.43. The first-order valence-corrected chi connectivity index (χ1v) is 7.31. The van der Waals surface area contributed by atoms with Gasteiger partial charge in [-0.15, -0.1) is 0 Å². The van der Waals surface area contributed by atoms with Crippen molar-refractivity contribution in [1.82, 2.24) is 4.90 Å². The van der Waals surface area contributed by atoms with Gasteiger partial charge in [0.05, 0.1) is 22.7 Å². The Morgan fingerprint density at radius 2 is 2.29 bits per heavy atom. The molecule has 0 aliphatic rings. The van der Waals surface area contributed by atoms with Crippen molar-refractivity contribution in [3.63, 3.8) is 0 Å². The van der Waals surface area contributed by atoms with E-state index in [1.807, 2.05) is 13.8 Å². The quantitative estimate of drug-likeness (QED) is 0.759. The monoisotopic (exact) mass is 308 g/mol. The predicted octanol–water partition coefficient (Wildman–Crippen LogP) is 2.73. The van der Waals surface area contributed by atoms with Crippen LogP contribution in [-0.2, 0) is 4.79 Å². The minimum Gasteiger partial charge on any atom is -0.399 e. The maximum absolute atomic E-state index is 11.9. The third kappa shape index (κ3) is 6.03. The van der Waals surface area contributed by atoms with Crippen LogP contribution in [0.15, 0.2) is 18.2 Å². The molecular weight excluding hydrogens is 288 g/mol. The lowest BCUT2D eigenvalue weighted by Crippen LogP contribution is -2.31. The van der Waals surface area contributed by atoms with Crippen LogP contribution in [0.3, 0.4) is 0 Å². The molecule has 3 N–H and O–H groups in total. The van der Waals surface area contributed by atoms with E-state index >= 15 is 0 Å². The zero-order valence-electron chi connectivity index (χ0n) is 12.4. The number of nitrogen functional groups attached to an aromatic ring is 1. The number of halogens is 1. The zero-order chi connectivity index (χ0) is 15.8. The number of amides is 1. The summed E-state index contributed by atoms with van der Waals surface area (Å²) in [6.07, 6.45) is 0.354. The van der Waals surface area contributed by atoms with Gasteiger partial charge in [-0.05, 0) is 31.7 Å². The molecule has 1 rings (SSSR count). The van der Waals surface area contributed by atoms with Gasteiger partial charge >= 0.3 is 0 Å². The molecule has 0 radical (unpaired) electrons. The summed E-state index contributed by atoms with van der Waals surface area (Å²) in [7, 11) is 0. The smallest absolute Gasteiger partial charge is 0.225 e. The fourth-order valence-electron chi connectivity index (χ4n) is 1.91. The van der Waals surface area contributed by atoms with Gasteiger partial charge in [0, 0.05) is 25.2 Å². The van der Waals surface area contributed by atoms with Crippen LogP contribution >= 0.6 is 11.6 Å². The number of rotatable bonds is 7. The number of nitrogens with one attached hydrogen (secondary N) is 1. The largest absolute Gasteiger partial charge is 0.399 e. The van der Waals surface area contributed by atoms with Gasteiger partial charge in [0.25, 0.3) is 0 Å². The SMILES string of the molecule is CCN(CCC(=O)Nc1ccc(N)cc1Cl)CC(C)C#N. The molecule has 21 heavy (non-hydrogen) atoms. The molecule has 5 nitrogen and oxygen atoms in total. The number of anilines is 2. The molecule has 0 spiro atoms. The van der Waals surface area contributed by atoms with Gasteiger partial charge in [0.15, 0.2) is 0 Å². The van der Waals surface area contributed by atoms with Crippen molar-refractivity contribution in [2.45, 2.75) is 20.3 Å². The fraction of sp³-hybridized carbons (Fsp3) is 0.467. The summed E-state index contributed by atoms with van der Waals surface area (Å²) in [6.45, 7) is 5.97. The third-order valence-electron chi connectivity index (χ3n) is 3.12. The first-order chi connectivity index (χ1) is 9.96. The number of hydrogen-bond acceptors (Lipinski definition) is 4. The Labute approximate surface area is 130 Å². The predicted molar refractivity (Wildman–Crippen MR) is 86.0 cm³/mol. The van der Waals surface area contributed by atoms with E-state index in [4.69, 9.17) is 22.6 Å². The molecule has 0 aliphatic carbocycles. The molecule has 0 saturated heterocycles. The van der Waals surface area contributed by atoms with Gasteiger partial charge in [-0.3, -0.25) is 4.79 Å². The van der Waals surface area contributed by atoms with Crippen LogP contribution in [0.25, 0.3) is 0 Å². The molecule has 1 aromatic carbocycles. The Bertz CT molecular complexity index is 527. The molecule has 0 aromatic heterocycles. The van der Waals surface area contributed by atoms with Crippen molar-refractivity contribution in [2.75, 3.05) is 30.7 Å². The van der Waals surface area contributed by atoms with Gasteiger partial charge in [0.2, 0.25) is 5.91 Å². The van der Waals surface area contributed by atoms with Gasteiger partial charge in [-0.25, -0.2) is 0 Å². The second-order valence-corrected chi connectivity index (χ2v) is 5.37. The van der Waals surface area contributed by atoms with E-state index in [0.29, 0.717) is 35.9 Å². The number of nitrogens with two attached hydrogens (primary N) is 1. The standard InChI is InChI=1S/C15H21ClN4O/c1-3-20(10-11(2)9-17)7-6-15(21)19-14-5-4-12(18)8-13(14)16/h4-5,8,11H,3,6-7,10,18H2,1-2H3,(H,19,21). The number of nitrogens with zero attached hydrogens (tertiary/aromatic N) is 2. The molecule has 1 atom stereocenters. The van der Waals surface area contributed by atoms with E-state index in [1.165, 1.54) is 0 Å². The van der Waals surface area contributed by atoms with Crippen LogP contribution in [-0.4, -0.2) is 30.4 Å². The number of carbonyl (C=O) groups excluding carboxylic acids is 1. The van der Waals surface area contributed by atoms with E-state index in [9.17, 15) is 4.79 Å². The molecule has 1 amide bonds. The highest BCUT2D eigenvalue weighted by atomic mass is 35.5. The normalized spacial score (nSPS) is 12.0. The van der Waals surface area contributed by atoms with Crippen LogP contribution in [0.2, 0.25) is 5.02 Å². The van der Waals surface area contributed by atoms with E-state index in [2.05, 4.69) is 16.3 Å². The van der Waals surface area contributed by atoms with Crippen LogP contribution in [0, 0.1) is 17.2 Å². The van der Waals surface area contributed by atoms with Crippen molar-refractivity contribution < 1.29 is 4.79 Å². The molecule has 0 aliphatic heterocycles. The first kappa shape index (κ1) is 17.3. The second kappa shape index (κ2) is 8.50. The lowest BCUT2D eigenvalue weighted by molar-refractivity contribution is -0.116. The molecule has 1 aromatic rings. The van der Waals surface area contributed by atoms with Gasteiger partial charge < -0.3 is 16.0 Å². The zero-order valence-corrected chi connectivity index (χ0v) is 13.2. The Balaban J connectivity index is 2.48. The lowest BCUT2D eigenvalue weighted by Gasteiger charge is -2.21. The Kier molecular flexibility index (Phi) is 7.00. The van der Waals surface area contributed by atoms with E-state index in [0.717, 1.165) is 6.54 Å². The van der Waals surface area contributed by atoms with Crippen molar-refractivity contribution in [2.24, 2.45) is 5.92 Å². The minimum absolute atomic E-state index is 0.0421. The van der Waals surface area contributed by atoms with Crippen molar-refractivity contribution in [3.8, 4) is 6.07 Å². The number of carbonyl (C=O) groups is 1. The van der Waals surface area contributed by atoms with Crippen LogP contribution in [0.1, 0.15) is 20.3 Å².